The van der Waals surface area contributed by atoms with E-state index in [0.717, 1.165) is 32.1 Å². The number of carbonyl (C=O) groups excluding carboxylic acids is 1. The van der Waals surface area contributed by atoms with Gasteiger partial charge in [0.05, 0.1) is 16.6 Å². The molecule has 0 bridgehead atoms. The lowest BCUT2D eigenvalue weighted by molar-refractivity contribution is -0.153. The summed E-state index contributed by atoms with van der Waals surface area (Å²) in [6.07, 6.45) is -3.77. The van der Waals surface area contributed by atoms with Gasteiger partial charge in [-0.15, -0.1) is 0 Å². The zero-order valence-corrected chi connectivity index (χ0v) is 19.7. The fraction of sp³-hybridized carbons (Fsp3) is 0.773. The Labute approximate surface area is 199 Å². The van der Waals surface area contributed by atoms with Crippen molar-refractivity contribution in [1.29, 1.82) is 0 Å². The van der Waals surface area contributed by atoms with Gasteiger partial charge in [0.1, 0.15) is 0 Å². The molecule has 13 heteroatoms. The van der Waals surface area contributed by atoms with Crippen molar-refractivity contribution in [3.8, 4) is 0 Å². The van der Waals surface area contributed by atoms with Crippen LogP contribution >= 0.6 is 0 Å². The third kappa shape index (κ3) is 6.45. The number of hydrogen-bond acceptors (Lipinski definition) is 5. The normalized spacial score (nSPS) is 25.9. The molecule has 3 saturated carbocycles. The topological polar surface area (TPSA) is 89.0 Å². The van der Waals surface area contributed by atoms with Gasteiger partial charge in [-0.1, -0.05) is 12.8 Å². The summed E-state index contributed by atoms with van der Waals surface area (Å²) in [5, 5.41) is 2.01. The summed E-state index contributed by atoms with van der Waals surface area (Å²) >= 11 is 0. The molecule has 0 atom stereocenters. The predicted molar refractivity (Wildman–Crippen MR) is 113 cm³/mol. The first kappa shape index (κ1) is 26.2. The van der Waals surface area contributed by atoms with Gasteiger partial charge in [0.25, 0.3) is 5.91 Å². The second-order valence-corrected chi connectivity index (χ2v) is 12.6. The van der Waals surface area contributed by atoms with E-state index in [1.807, 2.05) is 0 Å². The number of amides is 1. The Balaban J connectivity index is 1.47. The fourth-order valence-electron chi connectivity index (χ4n) is 4.96. The van der Waals surface area contributed by atoms with Crippen LogP contribution in [0.5, 0.6) is 0 Å². The third-order valence-corrected chi connectivity index (χ3v) is 9.69. The number of sulfone groups is 1. The zero-order chi connectivity index (χ0) is 25.6. The van der Waals surface area contributed by atoms with Crippen molar-refractivity contribution in [2.75, 3.05) is 12.3 Å². The van der Waals surface area contributed by atoms with Crippen LogP contribution < -0.4 is 5.32 Å². The average Bonchev–Trinajstić information content (AvgIpc) is 3.69. The van der Waals surface area contributed by atoms with Gasteiger partial charge in [0.2, 0.25) is 5.82 Å². The minimum atomic E-state index is -5.28. The molecule has 1 heterocycles. The van der Waals surface area contributed by atoms with E-state index in [-0.39, 0.29) is 24.4 Å². The molecule has 3 aliphatic carbocycles. The van der Waals surface area contributed by atoms with E-state index in [0.29, 0.717) is 31.6 Å². The van der Waals surface area contributed by atoms with E-state index in [4.69, 9.17) is 0 Å². The maximum atomic E-state index is 13.4. The van der Waals surface area contributed by atoms with Crippen LogP contribution in [-0.4, -0.2) is 41.8 Å². The highest BCUT2D eigenvalue weighted by molar-refractivity contribution is 7.92. The smallest absolute Gasteiger partial charge is 0.351 e. The summed E-state index contributed by atoms with van der Waals surface area (Å²) < 4.78 is 104. The molecule has 0 saturated heterocycles. The molecular weight excluding hydrogens is 500 g/mol. The largest absolute Gasteiger partial charge is 0.451 e. The Hall–Kier alpha value is -1.92. The van der Waals surface area contributed by atoms with Crippen LogP contribution in [0.15, 0.2) is 6.20 Å². The molecule has 196 valence electrons. The standard InChI is InChI=1S/C22H27F6N3O3S/c23-21(24,25)17-16(10-29-19(31-17)22(26,27)28)18(32)30-12-20(9-13-1-2-13)7-5-15(6-8-20)35(33,34)11-14-3-4-14/h10,13-15H,1-9,11-12H2,(H,30,32). The van der Waals surface area contributed by atoms with Crippen LogP contribution in [0.3, 0.4) is 0 Å². The first-order valence-electron chi connectivity index (χ1n) is 11.7. The lowest BCUT2D eigenvalue weighted by atomic mass is 9.70. The molecule has 3 aliphatic rings. The summed E-state index contributed by atoms with van der Waals surface area (Å²) in [4.78, 5) is 18.1. The van der Waals surface area contributed by atoms with Crippen molar-refractivity contribution in [1.82, 2.24) is 15.3 Å². The lowest BCUT2D eigenvalue weighted by Gasteiger charge is -2.40. The number of halogens is 6. The molecule has 0 aromatic carbocycles. The molecule has 1 aromatic heterocycles. The molecule has 1 N–H and O–H groups in total. The number of carbonyl (C=O) groups is 1. The Morgan fingerprint density at radius 3 is 2.09 bits per heavy atom. The van der Waals surface area contributed by atoms with Gasteiger partial charge in [-0.2, -0.15) is 26.3 Å². The molecule has 35 heavy (non-hydrogen) atoms. The molecular formula is C22H27F6N3O3S. The summed E-state index contributed by atoms with van der Waals surface area (Å²) in [6.45, 7) is 0.00997. The van der Waals surface area contributed by atoms with Crippen LogP contribution in [0.25, 0.3) is 0 Å². The number of aromatic nitrogens is 2. The monoisotopic (exact) mass is 527 g/mol. The number of hydrogen-bond donors (Lipinski definition) is 1. The van der Waals surface area contributed by atoms with Gasteiger partial charge >= 0.3 is 12.4 Å². The maximum absolute atomic E-state index is 13.4. The van der Waals surface area contributed by atoms with Crippen LogP contribution in [0.2, 0.25) is 0 Å². The van der Waals surface area contributed by atoms with E-state index in [1.165, 1.54) is 0 Å². The van der Waals surface area contributed by atoms with Gasteiger partial charge in [-0.25, -0.2) is 18.4 Å². The molecule has 3 fully saturated rings. The summed E-state index contributed by atoms with van der Waals surface area (Å²) in [6, 6.07) is 0. The minimum absolute atomic E-state index is 0.00997. The van der Waals surface area contributed by atoms with Crippen LogP contribution in [0, 0.1) is 17.3 Å². The lowest BCUT2D eigenvalue weighted by Crippen LogP contribution is -2.43. The van der Waals surface area contributed by atoms with Crippen molar-refractivity contribution in [2.45, 2.75) is 75.4 Å². The molecule has 0 aliphatic heterocycles. The molecule has 4 rings (SSSR count). The third-order valence-electron chi connectivity index (χ3n) is 7.26. The predicted octanol–water partition coefficient (Wildman–Crippen LogP) is 4.80. The van der Waals surface area contributed by atoms with Gasteiger partial charge in [0, 0.05) is 12.7 Å². The quantitative estimate of drug-likeness (QED) is 0.491. The minimum Gasteiger partial charge on any atom is -0.351 e. The molecule has 0 unspecified atom stereocenters. The van der Waals surface area contributed by atoms with Gasteiger partial charge in [-0.3, -0.25) is 4.79 Å². The van der Waals surface area contributed by atoms with E-state index < -0.39 is 55.8 Å². The van der Waals surface area contributed by atoms with Gasteiger partial charge in [0.15, 0.2) is 15.5 Å². The van der Waals surface area contributed by atoms with E-state index in [2.05, 4.69) is 15.3 Å². The molecule has 0 spiro atoms. The van der Waals surface area contributed by atoms with Crippen molar-refractivity contribution in [3.05, 3.63) is 23.3 Å². The summed E-state index contributed by atoms with van der Waals surface area (Å²) in [7, 11) is -3.22. The first-order chi connectivity index (χ1) is 16.2. The van der Waals surface area contributed by atoms with E-state index in [1.54, 1.807) is 0 Å². The Kier molecular flexibility index (Phi) is 6.86. The van der Waals surface area contributed by atoms with Crippen molar-refractivity contribution < 1.29 is 39.6 Å². The van der Waals surface area contributed by atoms with Crippen LogP contribution in [0.1, 0.15) is 79.7 Å². The second-order valence-electron chi connectivity index (χ2n) is 10.3. The Morgan fingerprint density at radius 2 is 1.57 bits per heavy atom. The Morgan fingerprint density at radius 1 is 0.971 bits per heavy atom. The van der Waals surface area contributed by atoms with Crippen molar-refractivity contribution in [3.63, 3.8) is 0 Å². The highest BCUT2D eigenvalue weighted by Gasteiger charge is 2.45. The van der Waals surface area contributed by atoms with Crippen LogP contribution in [0.4, 0.5) is 26.3 Å². The van der Waals surface area contributed by atoms with Crippen molar-refractivity contribution in [2.24, 2.45) is 17.3 Å². The fourth-order valence-corrected chi connectivity index (χ4v) is 7.18. The zero-order valence-electron chi connectivity index (χ0n) is 18.9. The van der Waals surface area contributed by atoms with E-state index >= 15 is 0 Å². The molecule has 0 radical (unpaired) electrons. The molecule has 6 nitrogen and oxygen atoms in total. The second kappa shape index (κ2) is 9.19. The molecule has 1 aromatic rings. The molecule has 1 amide bonds. The van der Waals surface area contributed by atoms with Crippen LogP contribution in [-0.2, 0) is 22.2 Å². The number of nitrogens with zero attached hydrogens (tertiary/aromatic N) is 2. The van der Waals surface area contributed by atoms with Gasteiger partial charge < -0.3 is 5.32 Å². The number of rotatable bonds is 8. The van der Waals surface area contributed by atoms with Crippen molar-refractivity contribution >= 4 is 15.7 Å². The summed E-state index contributed by atoms with van der Waals surface area (Å²) in [5.74, 6) is -2.32. The summed E-state index contributed by atoms with van der Waals surface area (Å²) in [5.41, 5.74) is -3.48. The highest BCUT2D eigenvalue weighted by Crippen LogP contribution is 2.49. The van der Waals surface area contributed by atoms with E-state index in [9.17, 15) is 39.6 Å². The number of alkyl halides is 6. The SMILES string of the molecule is O=C(NCC1(CC2CC2)CCC(S(=O)(=O)CC2CC2)CC1)c1cnc(C(F)(F)F)nc1C(F)(F)F. The number of nitrogens with one attached hydrogen (secondary N) is 1. The van der Waals surface area contributed by atoms with Gasteiger partial charge in [-0.05, 0) is 62.2 Å². The maximum Gasteiger partial charge on any atom is 0.451 e. The average molecular weight is 528 g/mol. The first-order valence-corrected chi connectivity index (χ1v) is 13.4. The Bertz CT molecular complexity index is 1060. The highest BCUT2D eigenvalue weighted by atomic mass is 32.2.